The lowest BCUT2D eigenvalue weighted by Gasteiger charge is -2.45. The molecule has 0 saturated carbocycles. The van der Waals surface area contributed by atoms with Crippen molar-refractivity contribution in [3.8, 4) is 44.8 Å². The Kier molecular flexibility index (Phi) is 12.2. The molecule has 0 fully saturated rings. The number of para-hydroxylation sites is 4. The lowest BCUT2D eigenvalue weighted by atomic mass is 9.33. The molecule has 7 heteroatoms. The van der Waals surface area contributed by atoms with E-state index in [1.165, 1.54) is 22.3 Å². The van der Waals surface area contributed by atoms with Crippen molar-refractivity contribution in [2.75, 3.05) is 9.80 Å². The third-order valence-electron chi connectivity index (χ3n) is 22.7. The summed E-state index contributed by atoms with van der Waals surface area (Å²) in [5, 5.41) is 5.85. The molecule has 0 saturated heterocycles. The van der Waals surface area contributed by atoms with Gasteiger partial charge in [-0.15, -0.1) is 0 Å². The first kappa shape index (κ1) is 56.3. The Hall–Kier alpha value is -12.1. The Balaban J connectivity index is 1.02. The highest BCUT2D eigenvalue weighted by Gasteiger charge is 2.46. The summed E-state index contributed by atoms with van der Waals surface area (Å²) in [7, 11) is 0. The van der Waals surface area contributed by atoms with Gasteiger partial charge in [-0.3, -0.25) is 0 Å². The molecule has 14 aromatic carbocycles. The summed E-state index contributed by atoms with van der Waals surface area (Å²) in [4.78, 5) is 4.98. The second-order valence-electron chi connectivity index (χ2n) is 33.5. The number of anilines is 6. The van der Waals surface area contributed by atoms with Gasteiger partial charge in [0.2, 0.25) is 0 Å². The monoisotopic (exact) mass is 1390 g/mol. The van der Waals surface area contributed by atoms with Crippen LogP contribution >= 0.6 is 0 Å². The van der Waals surface area contributed by atoms with Gasteiger partial charge < -0.3 is 27.8 Å². The van der Waals surface area contributed by atoms with Crippen LogP contribution in [0.25, 0.3) is 132 Å². The zero-order chi connectivity index (χ0) is 79.9. The van der Waals surface area contributed by atoms with Crippen molar-refractivity contribution >= 4 is 145 Å². The fourth-order valence-corrected chi connectivity index (χ4v) is 17.2. The molecule has 4 aromatic heterocycles. The van der Waals surface area contributed by atoms with E-state index in [-0.39, 0.29) is 55.6 Å². The Morgan fingerprint density at radius 1 is 0.299 bits per heavy atom. The Bertz CT molecular complexity index is 7090. The van der Waals surface area contributed by atoms with Crippen LogP contribution in [0, 0.1) is 0 Å². The van der Waals surface area contributed by atoms with Crippen LogP contribution in [0.15, 0.2) is 294 Å². The second kappa shape index (κ2) is 23.2. The SMILES string of the molecule is [2H]c1c([2H])c([2H])c2c(c1[2H])c1c([2H])c([2H])c([2H])c([2H])c1n2-c1ccc2c(c1)N(c1c(-c3ccccc3)ccc3oc4ccccc4c13)c1cc(-n3c4ccc(C(C)(C)C)cc4c4cc(C(C)(C)C)ccc43)cc3c1B2c1ccc(-c2cc(C(C)(C)C)cc(C(C)(C)C)c2)cc1N3c1c(-c2ccccc2)ccc2oc3ccccc3c12. The molecule has 6 nitrogen and oxygen atoms in total. The molecule has 0 atom stereocenters. The molecule has 107 heavy (non-hydrogen) atoms. The summed E-state index contributed by atoms with van der Waals surface area (Å²) in [5.74, 6) is 0. The number of hydrogen-bond acceptors (Lipinski definition) is 4. The molecule has 518 valence electrons. The number of hydrogen-bond donors (Lipinski definition) is 0. The van der Waals surface area contributed by atoms with Crippen LogP contribution in [0.2, 0.25) is 0 Å². The molecule has 0 bridgehead atoms. The van der Waals surface area contributed by atoms with Crippen molar-refractivity contribution in [1.82, 2.24) is 9.13 Å². The van der Waals surface area contributed by atoms with Crippen molar-refractivity contribution in [2.45, 2.75) is 105 Å². The lowest BCUT2D eigenvalue weighted by molar-refractivity contribution is 0.569. The number of furan rings is 2. The Morgan fingerprint density at radius 3 is 1.21 bits per heavy atom. The average molecular weight is 1390 g/mol. The molecule has 6 heterocycles. The Morgan fingerprint density at radius 2 is 0.729 bits per heavy atom. The normalized spacial score (nSPS) is 14.4. The summed E-state index contributed by atoms with van der Waals surface area (Å²) in [6.45, 7) is 26.8. The highest BCUT2D eigenvalue weighted by Crippen LogP contribution is 2.56. The van der Waals surface area contributed by atoms with Crippen LogP contribution in [0.1, 0.15) is 116 Å². The van der Waals surface area contributed by atoms with E-state index in [2.05, 4.69) is 304 Å². The van der Waals surface area contributed by atoms with Crippen LogP contribution in [0.4, 0.5) is 34.1 Å². The molecular weight excluding hydrogens is 1300 g/mol. The minimum absolute atomic E-state index is 0.00586. The summed E-state index contributed by atoms with van der Waals surface area (Å²) >= 11 is 0. The van der Waals surface area contributed by atoms with Crippen LogP contribution in [-0.4, -0.2) is 15.8 Å². The standard InChI is InChI=1S/C100H83BN4O2/c1-97(2,3)64-40-47-82-76(55-64)77-56-65(98(4,5)6)41-48-83(77)103(82)69-58-86-94-87(59-69)105(96-71(61-29-17-14-18-30-61)44-50-91-93(96)75-34-22-26-38-89(75)107-91)85-57-68(102-80-35-23-19-31-72(80)73-32-20-24-36-81(73)102)42-46-79(85)101(94)78-45-39-62(63-51-66(99(7,8)9)54-67(52-63)100(10,11)12)53-84(78)104(86)95-70(60-27-15-13-16-28-60)43-49-90-92(95)74-33-21-25-37-88(74)106-90/h13-59H,1-12H3/i19D,20D,23D,24D,31D,32D,35D,36D. The lowest BCUT2D eigenvalue weighted by Crippen LogP contribution is -2.61. The third kappa shape index (κ3) is 9.99. The number of nitrogens with zero attached hydrogens (tertiary/aromatic N) is 4. The molecule has 0 spiro atoms. The van der Waals surface area contributed by atoms with Gasteiger partial charge in [-0.2, -0.15) is 0 Å². The number of fused-ring (bicyclic) bond motifs is 16. The summed E-state index contributed by atoms with van der Waals surface area (Å²) in [5.41, 5.74) is 24.2. The fourth-order valence-electron chi connectivity index (χ4n) is 17.2. The van der Waals surface area contributed by atoms with Gasteiger partial charge in [0.25, 0.3) is 6.71 Å². The molecule has 20 rings (SSSR count). The largest absolute Gasteiger partial charge is 0.456 e. The minimum Gasteiger partial charge on any atom is -0.456 e. The summed E-state index contributed by atoms with van der Waals surface area (Å²) < 4.78 is 94.5. The molecule has 0 radical (unpaired) electrons. The second-order valence-corrected chi connectivity index (χ2v) is 33.5. The van der Waals surface area contributed by atoms with Crippen LogP contribution in [0.3, 0.4) is 0 Å². The highest BCUT2D eigenvalue weighted by molar-refractivity contribution is 7.00. The molecule has 0 amide bonds. The van der Waals surface area contributed by atoms with E-state index >= 15 is 0 Å². The van der Waals surface area contributed by atoms with Crippen LogP contribution < -0.4 is 26.2 Å². The van der Waals surface area contributed by atoms with E-state index < -0.39 is 43.0 Å². The van der Waals surface area contributed by atoms with Gasteiger partial charge in [0.1, 0.15) is 22.3 Å². The van der Waals surface area contributed by atoms with Gasteiger partial charge >= 0.3 is 0 Å². The van der Waals surface area contributed by atoms with E-state index in [1.807, 2.05) is 30.3 Å². The van der Waals surface area contributed by atoms with Crippen molar-refractivity contribution in [3.63, 3.8) is 0 Å². The van der Waals surface area contributed by atoms with Gasteiger partial charge in [0, 0.05) is 71.9 Å². The topological polar surface area (TPSA) is 42.6 Å². The van der Waals surface area contributed by atoms with E-state index in [4.69, 9.17) is 11.6 Å². The quantitative estimate of drug-likeness (QED) is 0.149. The van der Waals surface area contributed by atoms with Crippen molar-refractivity contribution in [3.05, 3.63) is 307 Å². The Labute approximate surface area is 636 Å². The average Bonchev–Trinajstić information content (AvgIpc) is 1.24. The zero-order valence-corrected chi connectivity index (χ0v) is 62.2. The molecule has 0 aliphatic carbocycles. The highest BCUT2D eigenvalue weighted by atomic mass is 16.3. The number of aromatic nitrogens is 2. The maximum absolute atomic E-state index is 9.94. The molecule has 18 aromatic rings. The van der Waals surface area contributed by atoms with Gasteiger partial charge in [-0.05, 0) is 186 Å². The molecular formula is C100H83BN4O2. The number of rotatable bonds is 7. The third-order valence-corrected chi connectivity index (χ3v) is 22.7. The zero-order valence-electron chi connectivity index (χ0n) is 70.2. The maximum atomic E-state index is 9.94. The van der Waals surface area contributed by atoms with E-state index in [0.717, 1.165) is 138 Å². The molecule has 2 aliphatic heterocycles. The summed E-state index contributed by atoms with van der Waals surface area (Å²) in [6, 6.07) is 82.0. The van der Waals surface area contributed by atoms with E-state index in [9.17, 15) is 8.22 Å². The molecule has 2 aliphatic rings. The summed E-state index contributed by atoms with van der Waals surface area (Å²) in [6.07, 6.45) is 0. The van der Waals surface area contributed by atoms with Gasteiger partial charge in [-0.25, -0.2) is 0 Å². The van der Waals surface area contributed by atoms with Gasteiger partial charge in [-0.1, -0.05) is 265 Å². The van der Waals surface area contributed by atoms with Crippen molar-refractivity contribution < 1.29 is 19.8 Å². The fraction of sp³-hybridized carbons (Fsp3) is 0.160. The van der Waals surface area contributed by atoms with Crippen molar-refractivity contribution in [1.29, 1.82) is 0 Å². The first-order valence-corrected chi connectivity index (χ1v) is 37.3. The maximum Gasteiger partial charge on any atom is 0.252 e. The van der Waals surface area contributed by atoms with Crippen LogP contribution in [-0.2, 0) is 21.7 Å². The number of benzene rings is 14. The van der Waals surface area contributed by atoms with E-state index in [0.29, 0.717) is 22.5 Å². The smallest absolute Gasteiger partial charge is 0.252 e. The van der Waals surface area contributed by atoms with Crippen LogP contribution in [0.5, 0.6) is 0 Å². The molecule has 0 N–H and O–H groups in total. The predicted molar refractivity (Wildman–Crippen MR) is 455 cm³/mol. The van der Waals surface area contributed by atoms with Gasteiger partial charge in [0.05, 0.1) is 60.9 Å². The predicted octanol–water partition coefficient (Wildman–Crippen LogP) is 26.0. The minimum atomic E-state index is -0.568. The van der Waals surface area contributed by atoms with Gasteiger partial charge in [0.15, 0.2) is 0 Å². The first-order valence-electron chi connectivity index (χ1n) is 41.3. The molecule has 0 unspecified atom stereocenters. The van der Waals surface area contributed by atoms with E-state index in [1.54, 1.807) is 4.57 Å². The van der Waals surface area contributed by atoms with Crippen molar-refractivity contribution in [2.24, 2.45) is 0 Å². The first-order chi connectivity index (χ1) is 54.9.